The van der Waals surface area contributed by atoms with Gasteiger partial charge in [0.2, 0.25) is 5.78 Å². The second-order valence-electron chi connectivity index (χ2n) is 4.77. The Balaban J connectivity index is 1.90. The third-order valence-corrected chi connectivity index (χ3v) is 3.40. The second kappa shape index (κ2) is 5.33. The summed E-state index contributed by atoms with van der Waals surface area (Å²) in [4.78, 5) is 22.5. The molecule has 0 saturated carbocycles. The highest BCUT2D eigenvalue weighted by Gasteiger charge is 2.24. The molecular formula is C16H12N2O4. The molecule has 2 aromatic rings. The van der Waals surface area contributed by atoms with Crippen LogP contribution in [0, 0.1) is 10.1 Å². The molecule has 0 saturated heterocycles. The first-order valence-electron chi connectivity index (χ1n) is 6.54. The molecule has 0 atom stereocenters. The van der Waals surface area contributed by atoms with Gasteiger partial charge in [-0.15, -0.1) is 0 Å². The van der Waals surface area contributed by atoms with Crippen LogP contribution in [-0.2, 0) is 0 Å². The van der Waals surface area contributed by atoms with Crippen molar-refractivity contribution in [3.63, 3.8) is 0 Å². The number of fused-ring (bicyclic) bond motifs is 1. The van der Waals surface area contributed by atoms with E-state index >= 15 is 0 Å². The number of hydrogen-bond donors (Lipinski definition) is 1. The molecule has 1 N–H and O–H groups in total. The predicted octanol–water partition coefficient (Wildman–Crippen LogP) is 3.25. The molecule has 0 aromatic heterocycles. The first-order valence-corrected chi connectivity index (χ1v) is 6.54. The van der Waals surface area contributed by atoms with Crippen LogP contribution in [0.15, 0.2) is 48.2 Å². The molecule has 2 aromatic carbocycles. The van der Waals surface area contributed by atoms with Gasteiger partial charge >= 0.3 is 0 Å². The van der Waals surface area contributed by atoms with Crippen LogP contribution in [0.4, 0.5) is 11.4 Å². The van der Waals surface area contributed by atoms with Crippen LogP contribution in [0.2, 0.25) is 0 Å². The zero-order valence-electron chi connectivity index (χ0n) is 11.7. The van der Waals surface area contributed by atoms with Crippen molar-refractivity contribution in [3.8, 4) is 5.75 Å². The number of carbonyl (C=O) groups excluding carboxylic acids is 1. The lowest BCUT2D eigenvalue weighted by Crippen LogP contribution is -1.99. The molecule has 0 radical (unpaired) electrons. The number of non-ortho nitro benzene ring substituents is 1. The van der Waals surface area contributed by atoms with E-state index in [4.69, 9.17) is 4.74 Å². The van der Waals surface area contributed by atoms with Crippen LogP contribution < -0.4 is 10.1 Å². The Hall–Kier alpha value is -3.15. The molecule has 1 aliphatic rings. The lowest BCUT2D eigenvalue weighted by molar-refractivity contribution is -0.384. The van der Waals surface area contributed by atoms with Crippen molar-refractivity contribution in [2.45, 2.75) is 0 Å². The van der Waals surface area contributed by atoms with Gasteiger partial charge in [-0.25, -0.2) is 0 Å². The first-order chi connectivity index (χ1) is 10.6. The Labute approximate surface area is 126 Å². The fourth-order valence-electron chi connectivity index (χ4n) is 2.25. The summed E-state index contributed by atoms with van der Waals surface area (Å²) >= 11 is 0. The Bertz CT molecular complexity index is 794. The molecule has 0 amide bonds. The molecule has 6 nitrogen and oxygen atoms in total. The van der Waals surface area contributed by atoms with Crippen LogP contribution in [0.5, 0.6) is 5.75 Å². The molecule has 0 unspecified atom stereocenters. The van der Waals surface area contributed by atoms with Crippen molar-refractivity contribution < 1.29 is 14.5 Å². The number of nitrogens with zero attached hydrogens (tertiary/aromatic N) is 1. The number of nitrogens with one attached hydrogen (secondary N) is 1. The number of methoxy groups -OCH3 is 1. The standard InChI is InChI=1S/C16H12N2O4/c1-22-12-6-7-14-13(9-12)16(19)15(17-14)8-10-2-4-11(5-3-10)18(20)21/h2-9,17H,1H3/b15-8-. The van der Waals surface area contributed by atoms with Crippen molar-refractivity contribution >= 4 is 23.2 Å². The van der Waals surface area contributed by atoms with E-state index in [1.54, 1.807) is 43.5 Å². The highest BCUT2D eigenvalue weighted by molar-refractivity contribution is 6.20. The lowest BCUT2D eigenvalue weighted by Gasteiger charge is -2.01. The van der Waals surface area contributed by atoms with E-state index in [-0.39, 0.29) is 11.5 Å². The first kappa shape index (κ1) is 13.8. The molecule has 22 heavy (non-hydrogen) atoms. The van der Waals surface area contributed by atoms with Crippen LogP contribution in [0.25, 0.3) is 6.08 Å². The zero-order chi connectivity index (χ0) is 15.7. The monoisotopic (exact) mass is 296 g/mol. The van der Waals surface area contributed by atoms with Crippen LogP contribution in [0.1, 0.15) is 15.9 Å². The Kier molecular flexibility index (Phi) is 3.34. The van der Waals surface area contributed by atoms with E-state index in [1.807, 2.05) is 0 Å². The fourth-order valence-corrected chi connectivity index (χ4v) is 2.25. The number of ether oxygens (including phenoxy) is 1. The largest absolute Gasteiger partial charge is 0.497 e. The highest BCUT2D eigenvalue weighted by Crippen LogP contribution is 2.32. The number of nitro groups is 1. The van der Waals surface area contributed by atoms with Gasteiger partial charge in [-0.3, -0.25) is 14.9 Å². The minimum atomic E-state index is -0.460. The maximum absolute atomic E-state index is 12.3. The van der Waals surface area contributed by atoms with Gasteiger partial charge in [0.15, 0.2) is 0 Å². The summed E-state index contributed by atoms with van der Waals surface area (Å²) in [7, 11) is 1.54. The summed E-state index contributed by atoms with van der Waals surface area (Å²) in [6.45, 7) is 0. The lowest BCUT2D eigenvalue weighted by atomic mass is 10.1. The number of ketones is 1. The molecule has 0 bridgehead atoms. The van der Waals surface area contributed by atoms with E-state index in [2.05, 4.69) is 5.32 Å². The number of carbonyl (C=O) groups is 1. The molecule has 110 valence electrons. The van der Waals surface area contributed by atoms with Crippen LogP contribution in [-0.4, -0.2) is 17.8 Å². The Morgan fingerprint density at radius 3 is 2.55 bits per heavy atom. The van der Waals surface area contributed by atoms with E-state index < -0.39 is 4.92 Å². The van der Waals surface area contributed by atoms with E-state index in [9.17, 15) is 14.9 Å². The minimum absolute atomic E-state index is 0.0147. The van der Waals surface area contributed by atoms with Gasteiger partial charge < -0.3 is 10.1 Å². The number of nitro benzene ring substituents is 1. The molecule has 3 rings (SSSR count). The number of Topliss-reactive ketones (excluding diaryl/α,β-unsaturated/α-hetero) is 1. The summed E-state index contributed by atoms with van der Waals surface area (Å²) in [5.74, 6) is 0.484. The SMILES string of the molecule is COc1ccc2c(c1)C(=O)/C(=C/c1ccc([N+](=O)[O-])cc1)N2. The van der Waals surface area contributed by atoms with Gasteiger partial charge in [-0.1, -0.05) is 0 Å². The normalized spacial score (nSPS) is 14.6. The summed E-state index contributed by atoms with van der Waals surface area (Å²) in [5.41, 5.74) is 2.42. The highest BCUT2D eigenvalue weighted by atomic mass is 16.6. The van der Waals surface area contributed by atoms with Crippen molar-refractivity contribution in [2.75, 3.05) is 12.4 Å². The van der Waals surface area contributed by atoms with Gasteiger partial charge in [0.1, 0.15) is 5.75 Å². The molecule has 6 heteroatoms. The summed E-state index contributed by atoms with van der Waals surface area (Å²) in [5, 5.41) is 13.7. The van der Waals surface area contributed by atoms with Crippen molar-refractivity contribution in [1.29, 1.82) is 0 Å². The summed E-state index contributed by atoms with van der Waals surface area (Å²) in [6, 6.07) is 11.2. The van der Waals surface area contributed by atoms with E-state index in [0.717, 1.165) is 5.69 Å². The smallest absolute Gasteiger partial charge is 0.269 e. The van der Waals surface area contributed by atoms with E-state index in [0.29, 0.717) is 22.6 Å². The van der Waals surface area contributed by atoms with Gasteiger partial charge in [0.05, 0.1) is 29.0 Å². The molecule has 1 aliphatic heterocycles. The van der Waals surface area contributed by atoms with Crippen molar-refractivity contribution in [3.05, 3.63) is 69.4 Å². The zero-order valence-corrected chi connectivity index (χ0v) is 11.7. The third kappa shape index (κ3) is 2.42. The maximum Gasteiger partial charge on any atom is 0.269 e. The molecule has 1 heterocycles. The summed E-state index contributed by atoms with van der Waals surface area (Å²) in [6.07, 6.45) is 1.67. The average molecular weight is 296 g/mol. The van der Waals surface area contributed by atoms with Crippen LogP contribution in [0.3, 0.4) is 0 Å². The number of hydrogen-bond acceptors (Lipinski definition) is 5. The molecule has 0 spiro atoms. The number of benzene rings is 2. The molecular weight excluding hydrogens is 284 g/mol. The number of rotatable bonds is 3. The summed E-state index contributed by atoms with van der Waals surface area (Å²) < 4.78 is 5.11. The maximum atomic E-state index is 12.3. The van der Waals surface area contributed by atoms with Crippen LogP contribution >= 0.6 is 0 Å². The Morgan fingerprint density at radius 2 is 1.91 bits per heavy atom. The molecule has 0 aliphatic carbocycles. The van der Waals surface area contributed by atoms with Gasteiger partial charge in [-0.05, 0) is 42.0 Å². The van der Waals surface area contributed by atoms with Gasteiger partial charge in [0.25, 0.3) is 5.69 Å². The Morgan fingerprint density at radius 1 is 1.18 bits per heavy atom. The number of allylic oxidation sites excluding steroid dienone is 1. The third-order valence-electron chi connectivity index (χ3n) is 3.40. The predicted molar refractivity (Wildman–Crippen MR) is 82.0 cm³/mol. The average Bonchev–Trinajstić information content (AvgIpc) is 2.83. The van der Waals surface area contributed by atoms with Crippen molar-refractivity contribution in [1.82, 2.24) is 0 Å². The topological polar surface area (TPSA) is 81.5 Å². The second-order valence-corrected chi connectivity index (χ2v) is 4.77. The molecule has 0 fully saturated rings. The minimum Gasteiger partial charge on any atom is -0.497 e. The van der Waals surface area contributed by atoms with Crippen molar-refractivity contribution in [2.24, 2.45) is 0 Å². The van der Waals surface area contributed by atoms with Gasteiger partial charge in [0, 0.05) is 12.1 Å². The quantitative estimate of drug-likeness (QED) is 0.534. The van der Waals surface area contributed by atoms with E-state index in [1.165, 1.54) is 12.1 Å². The fraction of sp³-hybridized carbons (Fsp3) is 0.0625. The van der Waals surface area contributed by atoms with Gasteiger partial charge in [-0.2, -0.15) is 0 Å². The number of anilines is 1.